The number of aliphatic hydroxyl groups excluding tert-OH is 5. The first kappa shape index (κ1) is 39.3. The van der Waals surface area contributed by atoms with Crippen LogP contribution in [0.5, 0.6) is 0 Å². The molecule has 5 fully saturated rings. The van der Waals surface area contributed by atoms with Crippen molar-refractivity contribution < 1.29 is 86.8 Å². The molecule has 0 spiro atoms. The molecule has 16 atom stereocenters. The van der Waals surface area contributed by atoms with Crippen LogP contribution in [0, 0.1) is 46.3 Å². The van der Waals surface area contributed by atoms with Gasteiger partial charge in [-0.15, -0.1) is 0 Å². The maximum atomic E-state index is 12.5. The third kappa shape index (κ3) is 7.17. The smallest absolute Gasteiger partial charge is 0.726 e. The van der Waals surface area contributed by atoms with Gasteiger partial charge in [0.1, 0.15) is 18.3 Å². The van der Waals surface area contributed by atoms with Gasteiger partial charge in [-0.05, 0) is 91.8 Å². The summed E-state index contributed by atoms with van der Waals surface area (Å²) in [5.74, 6) is -0.194. The number of rotatable bonds is 9. The van der Waals surface area contributed by atoms with Crippen molar-refractivity contribution in [2.24, 2.45) is 46.3 Å². The molecule has 4 aliphatic carbocycles. The second-order valence-corrected chi connectivity index (χ2v) is 17.0. The van der Waals surface area contributed by atoms with Gasteiger partial charge in [-0.25, -0.2) is 8.42 Å². The summed E-state index contributed by atoms with van der Waals surface area (Å²) in [6.07, 6.45) is -2.57. The van der Waals surface area contributed by atoms with E-state index in [4.69, 9.17) is 9.47 Å². The monoisotopic (exact) mass is 686 g/mol. The molecule has 0 aromatic heterocycles. The maximum absolute atomic E-state index is 12.5. The van der Waals surface area contributed by atoms with Crippen LogP contribution < -0.4 is 29.6 Å². The quantitative estimate of drug-likeness (QED) is 0.0927. The Labute approximate surface area is 295 Å². The van der Waals surface area contributed by atoms with Crippen molar-refractivity contribution in [3.8, 4) is 0 Å². The molecule has 46 heavy (non-hydrogen) atoms. The van der Waals surface area contributed by atoms with Crippen molar-refractivity contribution in [2.75, 3.05) is 6.61 Å². The summed E-state index contributed by atoms with van der Waals surface area (Å²) in [6, 6.07) is 0. The van der Waals surface area contributed by atoms with Gasteiger partial charge in [-0.1, -0.05) is 34.6 Å². The molecule has 4 saturated carbocycles. The first-order valence-corrected chi connectivity index (χ1v) is 18.2. The molecule has 1 aliphatic heterocycles. The van der Waals surface area contributed by atoms with Gasteiger partial charge in [0.15, 0.2) is 6.29 Å². The molecular formula is C32H55NaO12S. The Bertz CT molecular complexity index is 1160. The van der Waals surface area contributed by atoms with E-state index in [-0.39, 0.29) is 88.4 Å². The van der Waals surface area contributed by atoms with Crippen molar-refractivity contribution in [1.82, 2.24) is 0 Å². The van der Waals surface area contributed by atoms with Crippen LogP contribution in [0.1, 0.15) is 92.4 Å². The molecule has 0 aromatic carbocycles. The fraction of sp³-hybridized carbons (Fsp3) is 1.00. The number of aliphatic hydroxyl groups is 6. The van der Waals surface area contributed by atoms with Gasteiger partial charge >= 0.3 is 29.6 Å². The standard InChI is InChI=1S/C32H56O12S.Na/c1-16(2)23(43-29-27(37)26(36)24(15-42-29)44-45(39,40)41)7-6-17(3)19-13-21(34)28-31(19,5)11-9-25-30(4)10-8-18(33)12-20(30)22(35)14-32(25,28)38;/h16-29,33-38H,6-15H2,1-5H3,(H,39,40,41);/q;+1/p-1/t17-,18+,19?,20?,21-,22+,23+,24?,25?,26?,27?,28?,29?,30?,31?,32+;/m1./s1. The Morgan fingerprint density at radius 1 is 0.935 bits per heavy atom. The number of fused-ring (bicyclic) bond motifs is 5. The zero-order valence-corrected chi connectivity index (χ0v) is 31.0. The summed E-state index contributed by atoms with van der Waals surface area (Å²) < 4.78 is 48.8. The molecule has 12 nitrogen and oxygen atoms in total. The minimum atomic E-state index is -5.10. The first-order valence-electron chi connectivity index (χ1n) is 16.9. The van der Waals surface area contributed by atoms with Gasteiger partial charge in [0, 0.05) is 12.3 Å². The summed E-state index contributed by atoms with van der Waals surface area (Å²) >= 11 is 0. The Kier molecular flexibility index (Phi) is 12.2. The minimum Gasteiger partial charge on any atom is -0.726 e. The molecule has 6 N–H and O–H groups in total. The predicted octanol–water partition coefficient (Wildman–Crippen LogP) is -1.55. The van der Waals surface area contributed by atoms with Gasteiger partial charge in [0.05, 0.1) is 36.6 Å². The summed E-state index contributed by atoms with van der Waals surface area (Å²) in [6.45, 7) is 10.0. The molecule has 0 bridgehead atoms. The van der Waals surface area contributed by atoms with E-state index in [0.29, 0.717) is 25.7 Å². The predicted molar refractivity (Wildman–Crippen MR) is 160 cm³/mol. The van der Waals surface area contributed by atoms with Crippen LogP contribution in [0.25, 0.3) is 0 Å². The van der Waals surface area contributed by atoms with Crippen molar-refractivity contribution in [1.29, 1.82) is 0 Å². The van der Waals surface area contributed by atoms with Gasteiger partial charge in [0.25, 0.3) is 0 Å². The van der Waals surface area contributed by atoms with Crippen LogP contribution in [-0.4, -0.2) is 105 Å². The van der Waals surface area contributed by atoms with E-state index >= 15 is 0 Å². The number of hydrogen-bond acceptors (Lipinski definition) is 12. The molecule has 262 valence electrons. The summed E-state index contributed by atoms with van der Waals surface area (Å²) in [5.41, 5.74) is -1.83. The van der Waals surface area contributed by atoms with E-state index in [1.165, 1.54) is 0 Å². The fourth-order valence-electron chi connectivity index (χ4n) is 10.9. The average molecular weight is 687 g/mol. The third-order valence-electron chi connectivity index (χ3n) is 13.1. The molecule has 0 amide bonds. The van der Waals surface area contributed by atoms with Crippen molar-refractivity contribution in [3.05, 3.63) is 0 Å². The van der Waals surface area contributed by atoms with Crippen LogP contribution in [0.3, 0.4) is 0 Å². The van der Waals surface area contributed by atoms with Crippen LogP contribution >= 0.6 is 0 Å². The summed E-state index contributed by atoms with van der Waals surface area (Å²) in [4.78, 5) is 0. The Balaban J connectivity index is 0.00000480. The van der Waals surface area contributed by atoms with Crippen LogP contribution in [-0.2, 0) is 24.1 Å². The van der Waals surface area contributed by atoms with E-state index in [9.17, 15) is 43.6 Å². The SMILES string of the molecule is CC(C)[C@H](CC[C@@H](C)C1C[C@@H](O)C2C1(C)CCC1C3(C)CC[C@H](O)CC3[C@@H](O)C[C@]12O)OC1OCC(OS(=O)(=O)[O-])C(O)C1O.[Na+]. The Hall–Kier alpha value is 0.550. The summed E-state index contributed by atoms with van der Waals surface area (Å²) in [7, 11) is -5.10. The average Bonchev–Trinajstić information content (AvgIpc) is 3.21. The number of hydrogen-bond donors (Lipinski definition) is 6. The van der Waals surface area contributed by atoms with E-state index in [1.54, 1.807) is 0 Å². The summed E-state index contributed by atoms with van der Waals surface area (Å²) in [5, 5.41) is 66.7. The number of ether oxygens (including phenoxy) is 2. The Morgan fingerprint density at radius 3 is 2.22 bits per heavy atom. The second-order valence-electron chi connectivity index (χ2n) is 16.0. The van der Waals surface area contributed by atoms with Gasteiger partial charge < -0.3 is 44.7 Å². The molecule has 5 rings (SSSR count). The zero-order chi connectivity index (χ0) is 33.3. The molecule has 0 aromatic rings. The van der Waals surface area contributed by atoms with Crippen LogP contribution in [0.15, 0.2) is 0 Å². The van der Waals surface area contributed by atoms with Gasteiger partial charge in [-0.2, -0.15) is 0 Å². The molecule has 14 heteroatoms. The normalized spacial score (nSPS) is 48.9. The van der Waals surface area contributed by atoms with E-state index < -0.39 is 65.5 Å². The van der Waals surface area contributed by atoms with Crippen LogP contribution in [0.4, 0.5) is 0 Å². The van der Waals surface area contributed by atoms with Crippen molar-refractivity contribution in [3.63, 3.8) is 0 Å². The van der Waals surface area contributed by atoms with Gasteiger partial charge in [-0.3, -0.25) is 4.18 Å². The van der Waals surface area contributed by atoms with Gasteiger partial charge in [0.2, 0.25) is 10.4 Å². The molecular weight excluding hydrogens is 631 g/mol. The third-order valence-corrected chi connectivity index (χ3v) is 13.5. The van der Waals surface area contributed by atoms with Crippen molar-refractivity contribution in [2.45, 2.75) is 147 Å². The molecule has 10 unspecified atom stereocenters. The molecule has 5 aliphatic rings. The van der Waals surface area contributed by atoms with E-state index in [0.717, 1.165) is 25.7 Å². The zero-order valence-electron chi connectivity index (χ0n) is 28.2. The van der Waals surface area contributed by atoms with Crippen molar-refractivity contribution >= 4 is 10.4 Å². The second kappa shape index (κ2) is 14.3. The molecule has 1 saturated heterocycles. The first-order chi connectivity index (χ1) is 20.8. The van der Waals surface area contributed by atoms with E-state index in [1.807, 2.05) is 13.8 Å². The minimum absolute atomic E-state index is 0. The maximum Gasteiger partial charge on any atom is 1.00 e. The topological polar surface area (TPSA) is 206 Å². The fourth-order valence-corrected chi connectivity index (χ4v) is 11.4. The molecule has 0 radical (unpaired) electrons. The Morgan fingerprint density at radius 2 is 1.59 bits per heavy atom. The van der Waals surface area contributed by atoms with E-state index in [2.05, 4.69) is 25.0 Å². The largest absolute Gasteiger partial charge is 1.00 e. The van der Waals surface area contributed by atoms with Crippen LogP contribution in [0.2, 0.25) is 0 Å². The molecule has 1 heterocycles.